The summed E-state index contributed by atoms with van der Waals surface area (Å²) in [5.74, 6) is 0. The van der Waals surface area contributed by atoms with Gasteiger partial charge in [-0.3, -0.25) is 6.08 Å². The van der Waals surface area contributed by atoms with Gasteiger partial charge in [0, 0.05) is 25.8 Å². The molecule has 3 heteroatoms. The quantitative estimate of drug-likeness (QED) is 0.468. The van der Waals surface area contributed by atoms with Gasteiger partial charge in [-0.1, -0.05) is 6.92 Å². The minimum atomic E-state index is 0. The van der Waals surface area contributed by atoms with Crippen molar-refractivity contribution in [1.82, 2.24) is 0 Å². The van der Waals surface area contributed by atoms with E-state index in [1.54, 1.807) is 0 Å². The van der Waals surface area contributed by atoms with Crippen molar-refractivity contribution in [2.75, 3.05) is 0 Å². The van der Waals surface area contributed by atoms with E-state index in [2.05, 4.69) is 26.0 Å². The summed E-state index contributed by atoms with van der Waals surface area (Å²) < 4.78 is 0. The molecular weight excluding hydrogens is 333 g/mol. The second-order valence-electron chi connectivity index (χ2n) is 1.99. The average Bonchev–Trinajstić information content (AvgIpc) is 1.91. The molecule has 0 N–H and O–H groups in total. The van der Waals surface area contributed by atoms with Gasteiger partial charge in [0.25, 0.3) is 0 Å². The number of rotatable bonds is 0. The Balaban J connectivity index is -0.000000163. The second-order valence-corrected chi connectivity index (χ2v) is 1.99. The van der Waals surface area contributed by atoms with Crippen molar-refractivity contribution in [2.24, 2.45) is 0 Å². The molecule has 0 heterocycles. The Hall–Kier alpha value is 0.930. The summed E-state index contributed by atoms with van der Waals surface area (Å²) in [7, 11) is 0. The molecule has 58 valence electrons. The third-order valence-corrected chi connectivity index (χ3v) is 1.36. The molecule has 0 unspecified atom stereocenters. The van der Waals surface area contributed by atoms with Gasteiger partial charge < -0.3 is 0 Å². The Morgan fingerprint density at radius 3 is 1.90 bits per heavy atom. The molecule has 1 rings (SSSR count). The molecule has 0 saturated carbocycles. The second kappa shape index (κ2) is 8.03. The summed E-state index contributed by atoms with van der Waals surface area (Å²) in [6, 6.07) is 0. The van der Waals surface area contributed by atoms with Gasteiger partial charge in [-0.25, -0.2) is 11.6 Å². The molecule has 0 spiro atoms. The van der Waals surface area contributed by atoms with Crippen LogP contribution in [0.1, 0.15) is 20.3 Å². The Morgan fingerprint density at radius 2 is 1.80 bits per heavy atom. The maximum absolute atomic E-state index is 3.12. The Morgan fingerprint density at radius 1 is 1.30 bits per heavy atom. The van der Waals surface area contributed by atoms with Crippen molar-refractivity contribution < 1.29 is 25.8 Å². The van der Waals surface area contributed by atoms with Crippen LogP contribution >= 0.6 is 24.8 Å². The Kier molecular flexibility index (Phi) is 13.8. The molecule has 0 saturated heterocycles. The normalized spacial score (nSPS) is 13.4. The molecule has 0 radical (unpaired) electrons. The van der Waals surface area contributed by atoms with E-state index in [1.165, 1.54) is 11.1 Å². The van der Waals surface area contributed by atoms with Crippen LogP contribution in [-0.2, 0) is 25.8 Å². The van der Waals surface area contributed by atoms with Gasteiger partial charge in [0.05, 0.1) is 0 Å². The first-order valence-corrected chi connectivity index (χ1v) is 2.53. The van der Waals surface area contributed by atoms with Crippen molar-refractivity contribution in [3.05, 3.63) is 23.3 Å². The maximum Gasteiger partial charge on any atom is 0 e. The van der Waals surface area contributed by atoms with Crippen LogP contribution < -0.4 is 0 Å². The topological polar surface area (TPSA) is 0 Å². The molecule has 0 atom stereocenters. The van der Waals surface area contributed by atoms with E-state index in [9.17, 15) is 0 Å². The smallest absolute Gasteiger partial charge is 0 e. The number of hydrogen-bond donors (Lipinski definition) is 0. The van der Waals surface area contributed by atoms with Crippen LogP contribution in [0.4, 0.5) is 0 Å². The molecule has 0 aromatic rings. The molecule has 10 heavy (non-hydrogen) atoms. The third kappa shape index (κ3) is 4.70. The molecule has 0 fully saturated rings. The molecule has 0 bridgehead atoms. The van der Waals surface area contributed by atoms with Gasteiger partial charge in [-0.2, -0.15) is 5.57 Å². The molecule has 0 nitrogen and oxygen atoms in total. The summed E-state index contributed by atoms with van der Waals surface area (Å²) in [6.07, 6.45) is 6.22. The molecule has 0 aromatic carbocycles. The number of allylic oxidation sites excluding steroid dienone is 4. The van der Waals surface area contributed by atoms with Crippen LogP contribution in [-0.4, -0.2) is 0 Å². The zero-order chi connectivity index (χ0) is 5.28. The fraction of sp³-hybridized carbons (Fsp3) is 0.429. The van der Waals surface area contributed by atoms with Crippen LogP contribution in [0.15, 0.2) is 17.2 Å². The van der Waals surface area contributed by atoms with E-state index < -0.39 is 0 Å². The fourth-order valence-corrected chi connectivity index (χ4v) is 0.620. The molecule has 1 aliphatic carbocycles. The fourth-order valence-electron chi connectivity index (χ4n) is 0.620. The van der Waals surface area contributed by atoms with Crippen LogP contribution in [0.25, 0.3) is 0 Å². The average molecular weight is 345 g/mol. The predicted octanol–water partition coefficient (Wildman–Crippen LogP) is 2.93. The summed E-state index contributed by atoms with van der Waals surface area (Å²) >= 11 is 0. The Labute approximate surface area is 93.8 Å². The molecule has 0 amide bonds. The Bertz CT molecular complexity index is 139. The van der Waals surface area contributed by atoms with Gasteiger partial charge in [0.15, 0.2) is 0 Å². The van der Waals surface area contributed by atoms with E-state index in [4.69, 9.17) is 0 Å². The largest absolute Gasteiger partial charge is 0.272 e. The summed E-state index contributed by atoms with van der Waals surface area (Å²) in [5, 5.41) is 0. The van der Waals surface area contributed by atoms with Gasteiger partial charge in [0.2, 0.25) is 0 Å². The van der Waals surface area contributed by atoms with Crippen molar-refractivity contribution in [3.63, 3.8) is 0 Å². The zero-order valence-electron chi connectivity index (χ0n) is 6.10. The minimum absolute atomic E-state index is 0. The van der Waals surface area contributed by atoms with E-state index in [1.807, 2.05) is 0 Å². The first kappa shape index (κ1) is 17.1. The summed E-state index contributed by atoms with van der Waals surface area (Å²) in [4.78, 5) is 0. The van der Waals surface area contributed by atoms with Crippen molar-refractivity contribution in [2.45, 2.75) is 20.3 Å². The first-order valence-electron chi connectivity index (χ1n) is 2.53. The van der Waals surface area contributed by atoms with Crippen LogP contribution in [0.3, 0.4) is 0 Å². The van der Waals surface area contributed by atoms with Crippen molar-refractivity contribution in [1.29, 1.82) is 0 Å². The molecule has 0 aliphatic heterocycles. The van der Waals surface area contributed by atoms with Gasteiger partial charge in [-0.15, -0.1) is 38.2 Å². The van der Waals surface area contributed by atoms with Crippen molar-refractivity contribution >= 4 is 24.8 Å². The van der Waals surface area contributed by atoms with Crippen LogP contribution in [0.2, 0.25) is 0 Å². The van der Waals surface area contributed by atoms with E-state index >= 15 is 0 Å². The zero-order valence-corrected chi connectivity index (χ0v) is 11.3. The number of halogens is 2. The van der Waals surface area contributed by atoms with Crippen LogP contribution in [0.5, 0.6) is 0 Å². The van der Waals surface area contributed by atoms with E-state index in [-0.39, 0.29) is 50.7 Å². The SMILES string of the molecule is CC1=C(C)C[C-]=C1.Cl.Cl.[Hf]. The van der Waals surface area contributed by atoms with Gasteiger partial charge >= 0.3 is 0 Å². The predicted molar refractivity (Wildman–Crippen MR) is 45.3 cm³/mol. The standard InChI is InChI=1S/C7H9.2ClH.Hf/c1-6-4-3-5-7(6)2;;;/h4H,5H2,1-2H3;2*1H;/q-1;;;. The minimum Gasteiger partial charge on any atom is -0.272 e. The van der Waals surface area contributed by atoms with Gasteiger partial charge in [0.1, 0.15) is 0 Å². The molecular formula is C7H11Cl2Hf-. The molecule has 1 aliphatic rings. The monoisotopic (exact) mass is 345 g/mol. The van der Waals surface area contributed by atoms with Gasteiger partial charge in [-0.05, 0) is 0 Å². The first-order chi connectivity index (χ1) is 3.30. The number of hydrogen-bond acceptors (Lipinski definition) is 0. The summed E-state index contributed by atoms with van der Waals surface area (Å²) in [6.45, 7) is 4.27. The summed E-state index contributed by atoms with van der Waals surface area (Å²) in [5.41, 5.74) is 2.85. The maximum atomic E-state index is 3.12. The third-order valence-electron chi connectivity index (χ3n) is 1.36. The van der Waals surface area contributed by atoms with E-state index in [0.717, 1.165) is 6.42 Å². The van der Waals surface area contributed by atoms with Crippen LogP contribution in [0, 0.1) is 6.08 Å². The van der Waals surface area contributed by atoms with E-state index in [0.29, 0.717) is 0 Å². The molecule has 0 aromatic heterocycles. The van der Waals surface area contributed by atoms with Crippen molar-refractivity contribution in [3.8, 4) is 0 Å².